The van der Waals surface area contributed by atoms with Gasteiger partial charge in [-0.05, 0) is 11.1 Å². The molecular weight excluding hydrogens is 198 g/mol. The summed E-state index contributed by atoms with van der Waals surface area (Å²) in [5, 5.41) is 3.49. The maximum absolute atomic E-state index is 6.24. The number of ether oxygens (including phenoxy) is 1. The van der Waals surface area contributed by atoms with E-state index in [9.17, 15) is 0 Å². The Morgan fingerprint density at radius 2 is 1.88 bits per heavy atom. The molecule has 2 atom stereocenters. The van der Waals surface area contributed by atoms with E-state index in [0.717, 1.165) is 19.7 Å². The molecule has 0 amide bonds. The molecule has 1 aromatic rings. The minimum atomic E-state index is -0.0398. The number of hydrogen-bond acceptors (Lipinski definition) is 2. The van der Waals surface area contributed by atoms with E-state index < -0.39 is 0 Å². The van der Waals surface area contributed by atoms with Gasteiger partial charge in [0, 0.05) is 24.9 Å². The third kappa shape index (κ3) is 1.20. The van der Waals surface area contributed by atoms with Crippen LogP contribution in [-0.4, -0.2) is 13.1 Å². The largest absolute Gasteiger partial charge is 0.365 e. The molecule has 0 aromatic heterocycles. The van der Waals surface area contributed by atoms with Crippen molar-refractivity contribution in [2.45, 2.75) is 26.1 Å². The lowest BCUT2D eigenvalue weighted by molar-refractivity contribution is -0.126. The van der Waals surface area contributed by atoms with E-state index >= 15 is 0 Å². The van der Waals surface area contributed by atoms with Crippen molar-refractivity contribution in [1.29, 1.82) is 0 Å². The lowest BCUT2D eigenvalue weighted by Crippen LogP contribution is -2.52. The van der Waals surface area contributed by atoms with E-state index in [-0.39, 0.29) is 5.60 Å². The molecule has 0 bridgehead atoms. The fourth-order valence-electron chi connectivity index (χ4n) is 3.42. The van der Waals surface area contributed by atoms with Crippen LogP contribution in [0.5, 0.6) is 0 Å². The first-order chi connectivity index (χ1) is 7.75. The van der Waals surface area contributed by atoms with Crippen LogP contribution in [0.15, 0.2) is 24.3 Å². The van der Waals surface area contributed by atoms with Gasteiger partial charge < -0.3 is 10.1 Å². The molecule has 2 unspecified atom stereocenters. The standard InChI is InChI=1S/C14H19NO/c1-10-7-15-8-11(2)14(10)13-6-4-3-5-12(13)9-16-14/h3-6,10-11,15H,7-9H2,1-2H3. The molecule has 2 nitrogen and oxygen atoms in total. The van der Waals surface area contributed by atoms with Crippen LogP contribution in [0.3, 0.4) is 0 Å². The Morgan fingerprint density at radius 3 is 2.62 bits per heavy atom. The van der Waals surface area contributed by atoms with E-state index in [2.05, 4.69) is 43.4 Å². The number of fused-ring (bicyclic) bond motifs is 2. The van der Waals surface area contributed by atoms with Gasteiger partial charge in [0.05, 0.1) is 6.61 Å². The van der Waals surface area contributed by atoms with Crippen molar-refractivity contribution in [2.24, 2.45) is 11.8 Å². The highest BCUT2D eigenvalue weighted by molar-refractivity contribution is 5.37. The molecule has 1 saturated heterocycles. The van der Waals surface area contributed by atoms with Gasteiger partial charge in [-0.15, -0.1) is 0 Å². The number of nitrogens with one attached hydrogen (secondary N) is 1. The van der Waals surface area contributed by atoms with Crippen molar-refractivity contribution >= 4 is 0 Å². The lowest BCUT2D eigenvalue weighted by atomic mass is 9.71. The topological polar surface area (TPSA) is 21.3 Å². The van der Waals surface area contributed by atoms with Crippen LogP contribution >= 0.6 is 0 Å². The number of rotatable bonds is 0. The van der Waals surface area contributed by atoms with Crippen LogP contribution in [0.1, 0.15) is 25.0 Å². The van der Waals surface area contributed by atoms with Crippen LogP contribution in [0.25, 0.3) is 0 Å². The Kier molecular flexibility index (Phi) is 2.30. The molecule has 3 rings (SSSR count). The highest BCUT2D eigenvalue weighted by atomic mass is 16.5. The van der Waals surface area contributed by atoms with Gasteiger partial charge in [-0.25, -0.2) is 0 Å². The highest BCUT2D eigenvalue weighted by Crippen LogP contribution is 2.48. The van der Waals surface area contributed by atoms with E-state index in [0.29, 0.717) is 11.8 Å². The molecular formula is C14H19NO. The molecule has 16 heavy (non-hydrogen) atoms. The van der Waals surface area contributed by atoms with Crippen molar-refractivity contribution in [3.63, 3.8) is 0 Å². The Labute approximate surface area is 97.0 Å². The van der Waals surface area contributed by atoms with Crippen LogP contribution in [0, 0.1) is 11.8 Å². The van der Waals surface area contributed by atoms with Gasteiger partial charge in [-0.2, -0.15) is 0 Å². The van der Waals surface area contributed by atoms with Gasteiger partial charge in [0.1, 0.15) is 5.60 Å². The number of benzene rings is 1. The summed E-state index contributed by atoms with van der Waals surface area (Å²) in [5.74, 6) is 1.08. The summed E-state index contributed by atoms with van der Waals surface area (Å²) in [6.45, 7) is 7.48. The molecule has 1 spiro atoms. The number of hydrogen-bond donors (Lipinski definition) is 1. The first-order valence-electron chi connectivity index (χ1n) is 6.18. The summed E-state index contributed by atoms with van der Waals surface area (Å²) in [4.78, 5) is 0. The third-order valence-electron chi connectivity index (χ3n) is 4.27. The molecule has 2 aliphatic rings. The SMILES string of the molecule is CC1CNCC(C)C12OCc1ccccc12. The van der Waals surface area contributed by atoms with Crippen molar-refractivity contribution < 1.29 is 4.74 Å². The van der Waals surface area contributed by atoms with Crippen LogP contribution in [-0.2, 0) is 16.9 Å². The van der Waals surface area contributed by atoms with Crippen LogP contribution in [0.2, 0.25) is 0 Å². The summed E-state index contributed by atoms with van der Waals surface area (Å²) in [7, 11) is 0. The predicted octanol–water partition coefficient (Wildman–Crippen LogP) is 2.29. The van der Waals surface area contributed by atoms with Crippen molar-refractivity contribution in [3.8, 4) is 0 Å². The lowest BCUT2D eigenvalue weighted by Gasteiger charge is -2.45. The van der Waals surface area contributed by atoms with E-state index in [4.69, 9.17) is 4.74 Å². The highest BCUT2D eigenvalue weighted by Gasteiger charge is 2.50. The molecule has 2 heteroatoms. The van der Waals surface area contributed by atoms with Crippen molar-refractivity contribution in [2.75, 3.05) is 13.1 Å². The molecule has 0 radical (unpaired) electrons. The average Bonchev–Trinajstić information content (AvgIpc) is 2.67. The molecule has 0 saturated carbocycles. The molecule has 2 heterocycles. The van der Waals surface area contributed by atoms with Gasteiger partial charge in [0.2, 0.25) is 0 Å². The zero-order valence-corrected chi connectivity index (χ0v) is 9.99. The second-order valence-corrected chi connectivity index (χ2v) is 5.20. The average molecular weight is 217 g/mol. The zero-order chi connectivity index (χ0) is 11.2. The Morgan fingerprint density at radius 1 is 1.19 bits per heavy atom. The van der Waals surface area contributed by atoms with Gasteiger partial charge >= 0.3 is 0 Å². The van der Waals surface area contributed by atoms with Crippen molar-refractivity contribution in [3.05, 3.63) is 35.4 Å². The van der Waals surface area contributed by atoms with Crippen molar-refractivity contribution in [1.82, 2.24) is 5.32 Å². The predicted molar refractivity (Wildman–Crippen MR) is 64.1 cm³/mol. The van der Waals surface area contributed by atoms with E-state index in [1.807, 2.05) is 0 Å². The third-order valence-corrected chi connectivity index (χ3v) is 4.27. The minimum Gasteiger partial charge on any atom is -0.365 e. The smallest absolute Gasteiger partial charge is 0.101 e. The molecule has 2 aliphatic heterocycles. The summed E-state index contributed by atoms with van der Waals surface area (Å²) in [5.41, 5.74) is 2.77. The summed E-state index contributed by atoms with van der Waals surface area (Å²) < 4.78 is 6.24. The normalized spacial score (nSPS) is 37.6. The Hall–Kier alpha value is -0.860. The number of piperidine rings is 1. The second kappa shape index (κ2) is 3.57. The molecule has 0 aliphatic carbocycles. The molecule has 1 aromatic carbocycles. The van der Waals surface area contributed by atoms with Crippen LogP contribution < -0.4 is 5.32 Å². The van der Waals surface area contributed by atoms with Crippen LogP contribution in [0.4, 0.5) is 0 Å². The Balaban J connectivity index is 2.11. The second-order valence-electron chi connectivity index (χ2n) is 5.20. The fourth-order valence-corrected chi connectivity index (χ4v) is 3.42. The van der Waals surface area contributed by atoms with Gasteiger partial charge in [0.25, 0.3) is 0 Å². The van der Waals surface area contributed by atoms with E-state index in [1.165, 1.54) is 11.1 Å². The molecule has 1 N–H and O–H groups in total. The first kappa shape index (κ1) is 10.3. The van der Waals surface area contributed by atoms with Gasteiger partial charge in [0.15, 0.2) is 0 Å². The minimum absolute atomic E-state index is 0.0398. The fraction of sp³-hybridized carbons (Fsp3) is 0.571. The monoisotopic (exact) mass is 217 g/mol. The summed E-state index contributed by atoms with van der Waals surface area (Å²) in [6, 6.07) is 8.70. The van der Waals surface area contributed by atoms with E-state index in [1.54, 1.807) is 0 Å². The maximum Gasteiger partial charge on any atom is 0.101 e. The maximum atomic E-state index is 6.24. The molecule has 1 fully saturated rings. The summed E-state index contributed by atoms with van der Waals surface area (Å²) in [6.07, 6.45) is 0. The zero-order valence-electron chi connectivity index (χ0n) is 9.99. The molecule has 86 valence electrons. The summed E-state index contributed by atoms with van der Waals surface area (Å²) >= 11 is 0. The quantitative estimate of drug-likeness (QED) is 0.720. The van der Waals surface area contributed by atoms with Gasteiger partial charge in [-0.1, -0.05) is 38.1 Å². The Bertz CT molecular complexity index is 391. The first-order valence-corrected chi connectivity index (χ1v) is 6.18. The van der Waals surface area contributed by atoms with Gasteiger partial charge in [-0.3, -0.25) is 0 Å².